The van der Waals surface area contributed by atoms with E-state index < -0.39 is 0 Å². The van der Waals surface area contributed by atoms with Crippen molar-refractivity contribution >= 4 is 5.91 Å². The molecule has 0 aromatic carbocycles. The van der Waals surface area contributed by atoms with Crippen molar-refractivity contribution < 1.29 is 4.79 Å². The first-order chi connectivity index (χ1) is 8.66. The first kappa shape index (κ1) is 12.8. The van der Waals surface area contributed by atoms with E-state index in [0.29, 0.717) is 11.5 Å². The Hall–Kier alpha value is -1.62. The van der Waals surface area contributed by atoms with Crippen molar-refractivity contribution in [3.05, 3.63) is 34.2 Å². The zero-order valence-corrected chi connectivity index (χ0v) is 10.5. The number of carbonyl (C=O) groups excluding carboxylic acids is 1. The van der Waals surface area contributed by atoms with Gasteiger partial charge < -0.3 is 15.6 Å². The minimum atomic E-state index is -0.255. The molecular weight excluding hydrogens is 230 g/mol. The monoisotopic (exact) mass is 249 g/mol. The maximum Gasteiger partial charge on any atom is 0.251 e. The Balaban J connectivity index is 1.96. The maximum atomic E-state index is 12.0. The zero-order chi connectivity index (χ0) is 13.0. The summed E-state index contributed by atoms with van der Waals surface area (Å²) in [6.45, 7) is 4.02. The van der Waals surface area contributed by atoms with Gasteiger partial charge in [0, 0.05) is 23.9 Å². The summed E-state index contributed by atoms with van der Waals surface area (Å²) in [6.07, 6.45) is 3.77. The molecule has 0 bridgehead atoms. The predicted octanol–water partition coefficient (Wildman–Crippen LogP) is 0.493. The van der Waals surface area contributed by atoms with Gasteiger partial charge in [0.2, 0.25) is 5.56 Å². The summed E-state index contributed by atoms with van der Waals surface area (Å²) in [5.74, 6) is 0.281. The van der Waals surface area contributed by atoms with Crippen molar-refractivity contribution in [1.29, 1.82) is 0 Å². The highest BCUT2D eigenvalue weighted by atomic mass is 16.2. The highest BCUT2D eigenvalue weighted by Gasteiger charge is 2.21. The van der Waals surface area contributed by atoms with E-state index in [0.717, 1.165) is 25.9 Å². The number of amides is 1. The van der Waals surface area contributed by atoms with Gasteiger partial charge in [-0.2, -0.15) is 0 Å². The summed E-state index contributed by atoms with van der Waals surface area (Å²) in [6, 6.07) is 3.05. The van der Waals surface area contributed by atoms with Crippen LogP contribution in [0.2, 0.25) is 0 Å². The average Bonchev–Trinajstić information content (AvgIpc) is 2.39. The number of pyridine rings is 1. The minimum Gasteiger partial charge on any atom is -0.349 e. The Labute approximate surface area is 106 Å². The Morgan fingerprint density at radius 2 is 2.39 bits per heavy atom. The number of hydrogen-bond donors (Lipinski definition) is 3. The number of carbonyl (C=O) groups is 1. The summed E-state index contributed by atoms with van der Waals surface area (Å²) in [5.41, 5.74) is 0.156. The van der Waals surface area contributed by atoms with Gasteiger partial charge in [0.25, 0.3) is 5.91 Å². The summed E-state index contributed by atoms with van der Waals surface area (Å²) in [4.78, 5) is 25.6. The molecule has 5 nitrogen and oxygen atoms in total. The van der Waals surface area contributed by atoms with E-state index in [4.69, 9.17) is 0 Å². The molecule has 1 aromatic rings. The number of nitrogens with one attached hydrogen (secondary N) is 3. The van der Waals surface area contributed by atoms with E-state index in [-0.39, 0.29) is 17.5 Å². The topological polar surface area (TPSA) is 74.0 Å². The molecule has 1 saturated heterocycles. The number of rotatable bonds is 3. The van der Waals surface area contributed by atoms with E-state index in [2.05, 4.69) is 15.6 Å². The molecule has 0 radical (unpaired) electrons. The van der Waals surface area contributed by atoms with E-state index in [1.54, 1.807) is 6.07 Å². The molecule has 1 aliphatic heterocycles. The smallest absolute Gasteiger partial charge is 0.251 e. The van der Waals surface area contributed by atoms with Crippen molar-refractivity contribution in [2.24, 2.45) is 5.92 Å². The van der Waals surface area contributed by atoms with Crippen LogP contribution in [-0.2, 0) is 0 Å². The van der Waals surface area contributed by atoms with Gasteiger partial charge in [-0.05, 0) is 44.8 Å². The van der Waals surface area contributed by atoms with E-state index >= 15 is 0 Å². The molecule has 1 aliphatic rings. The molecule has 0 aliphatic carbocycles. The number of aromatic amines is 1. The highest BCUT2D eigenvalue weighted by molar-refractivity contribution is 5.94. The van der Waals surface area contributed by atoms with Gasteiger partial charge >= 0.3 is 0 Å². The molecular formula is C13H19N3O2. The van der Waals surface area contributed by atoms with Crippen molar-refractivity contribution in [2.45, 2.75) is 25.8 Å². The standard InChI is InChI=1S/C13H19N3O2/c1-9(11-3-2-5-14-8-11)16-13(18)10-4-6-15-12(17)7-10/h4,6-7,9,11,14H,2-3,5,8H2,1H3,(H,15,17)(H,16,18). The van der Waals surface area contributed by atoms with Crippen LogP contribution in [0.3, 0.4) is 0 Å². The van der Waals surface area contributed by atoms with Crippen LogP contribution in [0.1, 0.15) is 30.1 Å². The van der Waals surface area contributed by atoms with E-state index in [1.807, 2.05) is 6.92 Å². The lowest BCUT2D eigenvalue weighted by Gasteiger charge is -2.28. The second kappa shape index (κ2) is 5.82. The largest absolute Gasteiger partial charge is 0.349 e. The fourth-order valence-corrected chi connectivity index (χ4v) is 2.30. The molecule has 1 aromatic heterocycles. The lowest BCUT2D eigenvalue weighted by molar-refractivity contribution is 0.0921. The first-order valence-electron chi connectivity index (χ1n) is 6.37. The van der Waals surface area contributed by atoms with Crippen LogP contribution < -0.4 is 16.2 Å². The van der Waals surface area contributed by atoms with Crippen LogP contribution in [0.5, 0.6) is 0 Å². The molecule has 2 rings (SSSR count). The van der Waals surface area contributed by atoms with Crippen LogP contribution in [0.15, 0.2) is 23.1 Å². The van der Waals surface area contributed by atoms with Gasteiger partial charge in [0.1, 0.15) is 0 Å². The number of aromatic nitrogens is 1. The quantitative estimate of drug-likeness (QED) is 0.730. The fourth-order valence-electron chi connectivity index (χ4n) is 2.30. The molecule has 0 saturated carbocycles. The molecule has 2 unspecified atom stereocenters. The van der Waals surface area contributed by atoms with Gasteiger partial charge in [-0.1, -0.05) is 0 Å². The summed E-state index contributed by atoms with van der Waals surface area (Å²) in [5, 5.41) is 6.29. The molecule has 5 heteroatoms. The van der Waals surface area contributed by atoms with Gasteiger partial charge in [0.05, 0.1) is 0 Å². The Morgan fingerprint density at radius 1 is 1.56 bits per heavy atom. The van der Waals surface area contributed by atoms with Crippen LogP contribution in [0.25, 0.3) is 0 Å². The molecule has 2 heterocycles. The highest BCUT2D eigenvalue weighted by Crippen LogP contribution is 2.14. The van der Waals surface area contributed by atoms with Crippen LogP contribution >= 0.6 is 0 Å². The predicted molar refractivity (Wildman–Crippen MR) is 69.6 cm³/mol. The summed E-state index contributed by atoms with van der Waals surface area (Å²) < 4.78 is 0. The van der Waals surface area contributed by atoms with Crippen molar-refractivity contribution in [3.63, 3.8) is 0 Å². The molecule has 1 amide bonds. The third kappa shape index (κ3) is 3.20. The summed E-state index contributed by atoms with van der Waals surface area (Å²) >= 11 is 0. The van der Waals surface area contributed by atoms with Crippen LogP contribution in [0, 0.1) is 5.92 Å². The molecule has 1 fully saturated rings. The summed E-state index contributed by atoms with van der Waals surface area (Å²) in [7, 11) is 0. The lowest BCUT2D eigenvalue weighted by Crippen LogP contribution is -2.44. The first-order valence-corrected chi connectivity index (χ1v) is 6.37. The Kier molecular flexibility index (Phi) is 4.15. The molecule has 0 spiro atoms. The molecule has 18 heavy (non-hydrogen) atoms. The minimum absolute atomic E-state index is 0.115. The number of H-pyrrole nitrogens is 1. The van der Waals surface area contributed by atoms with Gasteiger partial charge in [-0.3, -0.25) is 9.59 Å². The Morgan fingerprint density at radius 3 is 3.06 bits per heavy atom. The number of piperidine rings is 1. The van der Waals surface area contributed by atoms with Gasteiger partial charge in [-0.15, -0.1) is 0 Å². The number of hydrogen-bond acceptors (Lipinski definition) is 3. The molecule has 98 valence electrons. The van der Waals surface area contributed by atoms with Crippen LogP contribution in [0.4, 0.5) is 0 Å². The van der Waals surface area contributed by atoms with Crippen LogP contribution in [-0.4, -0.2) is 30.0 Å². The van der Waals surface area contributed by atoms with E-state index in [9.17, 15) is 9.59 Å². The van der Waals surface area contributed by atoms with Crippen molar-refractivity contribution in [2.75, 3.05) is 13.1 Å². The maximum absolute atomic E-state index is 12.0. The van der Waals surface area contributed by atoms with Gasteiger partial charge in [0.15, 0.2) is 0 Å². The molecule has 3 N–H and O–H groups in total. The van der Waals surface area contributed by atoms with Crippen molar-refractivity contribution in [3.8, 4) is 0 Å². The lowest BCUT2D eigenvalue weighted by atomic mass is 9.92. The average molecular weight is 249 g/mol. The second-order valence-electron chi connectivity index (χ2n) is 4.81. The fraction of sp³-hybridized carbons (Fsp3) is 0.538. The second-order valence-corrected chi connectivity index (χ2v) is 4.81. The van der Waals surface area contributed by atoms with Gasteiger partial charge in [-0.25, -0.2) is 0 Å². The van der Waals surface area contributed by atoms with E-state index in [1.165, 1.54) is 12.3 Å². The third-order valence-corrected chi connectivity index (χ3v) is 3.44. The van der Waals surface area contributed by atoms with Crippen molar-refractivity contribution in [1.82, 2.24) is 15.6 Å². The normalized spacial score (nSPS) is 21.3. The molecule has 2 atom stereocenters. The SMILES string of the molecule is CC(NC(=O)c1cc[nH]c(=O)c1)C1CCCNC1. The zero-order valence-electron chi connectivity index (χ0n) is 10.5. The Bertz CT molecular complexity index is 463. The third-order valence-electron chi connectivity index (χ3n) is 3.44.